The Balaban J connectivity index is 1.58. The van der Waals surface area contributed by atoms with Crippen LogP contribution in [0, 0.1) is 0 Å². The molecule has 2 aromatic rings. The number of benzene rings is 2. The first-order valence-corrected chi connectivity index (χ1v) is 7.62. The minimum atomic E-state index is -0.00916. The van der Waals surface area contributed by atoms with Gasteiger partial charge in [-0.25, -0.2) is 0 Å². The monoisotopic (exact) mass is 300 g/mol. The molecule has 1 aliphatic rings. The molecule has 0 amide bonds. The van der Waals surface area contributed by atoms with Crippen molar-refractivity contribution in [2.75, 3.05) is 6.61 Å². The van der Waals surface area contributed by atoms with Crippen LogP contribution in [-0.4, -0.2) is 12.4 Å². The molecule has 0 bridgehead atoms. The molecule has 108 valence electrons. The van der Waals surface area contributed by atoms with E-state index in [0.29, 0.717) is 22.3 Å². The minimum absolute atomic E-state index is 0.00916. The molecule has 0 saturated heterocycles. The number of halogens is 1. The first-order chi connectivity index (χ1) is 10.2. The molecular weight excluding hydrogens is 284 g/mol. The van der Waals surface area contributed by atoms with Crippen molar-refractivity contribution < 1.29 is 9.53 Å². The molecule has 1 fully saturated rings. The van der Waals surface area contributed by atoms with Crippen LogP contribution < -0.4 is 4.74 Å². The quantitative estimate of drug-likeness (QED) is 0.736. The second-order valence-electron chi connectivity index (χ2n) is 5.42. The molecule has 0 radical (unpaired) electrons. The Morgan fingerprint density at radius 1 is 1.05 bits per heavy atom. The van der Waals surface area contributed by atoms with Crippen LogP contribution in [-0.2, 0) is 0 Å². The molecule has 0 heterocycles. The number of hydrogen-bond acceptors (Lipinski definition) is 2. The zero-order chi connectivity index (χ0) is 14.7. The van der Waals surface area contributed by atoms with Crippen molar-refractivity contribution in [3.8, 4) is 5.75 Å². The van der Waals surface area contributed by atoms with Gasteiger partial charge < -0.3 is 4.74 Å². The van der Waals surface area contributed by atoms with E-state index in [0.717, 1.165) is 0 Å². The van der Waals surface area contributed by atoms with E-state index in [1.165, 1.54) is 24.8 Å². The molecule has 0 aromatic heterocycles. The number of ketones is 1. The van der Waals surface area contributed by atoms with Crippen LogP contribution in [0.1, 0.15) is 41.1 Å². The number of ether oxygens (including phenoxy) is 1. The van der Waals surface area contributed by atoms with Crippen molar-refractivity contribution in [1.82, 2.24) is 0 Å². The Hall–Kier alpha value is -1.80. The van der Waals surface area contributed by atoms with Gasteiger partial charge in [0, 0.05) is 10.6 Å². The van der Waals surface area contributed by atoms with Gasteiger partial charge in [0.05, 0.1) is 0 Å². The first kappa shape index (κ1) is 14.2. The Labute approximate surface area is 129 Å². The molecule has 2 nitrogen and oxygen atoms in total. The van der Waals surface area contributed by atoms with Gasteiger partial charge in [0.25, 0.3) is 0 Å². The predicted molar refractivity (Wildman–Crippen MR) is 84.3 cm³/mol. The highest BCUT2D eigenvalue weighted by Crippen LogP contribution is 2.36. The van der Waals surface area contributed by atoms with Gasteiger partial charge in [-0.15, -0.1) is 0 Å². The molecule has 1 aliphatic carbocycles. The van der Waals surface area contributed by atoms with E-state index in [2.05, 4.69) is 12.1 Å². The molecule has 1 saturated carbocycles. The standard InChI is InChI=1S/C18H17ClO2/c19-16-8-10-17(11-9-16)21-12-18(20)15-6-4-14(5-7-15)13-2-1-3-13/h4-11,13H,1-3,12H2. The zero-order valence-electron chi connectivity index (χ0n) is 11.7. The van der Waals surface area contributed by atoms with Crippen LogP contribution in [0.2, 0.25) is 5.02 Å². The topological polar surface area (TPSA) is 26.3 Å². The number of Topliss-reactive ketones (excluding diaryl/α,β-unsaturated/α-hetero) is 1. The summed E-state index contributed by atoms with van der Waals surface area (Å²) in [6.07, 6.45) is 3.86. The average Bonchev–Trinajstić information content (AvgIpc) is 2.45. The second kappa shape index (κ2) is 6.31. The minimum Gasteiger partial charge on any atom is -0.485 e. The maximum absolute atomic E-state index is 12.1. The molecule has 0 N–H and O–H groups in total. The summed E-state index contributed by atoms with van der Waals surface area (Å²) in [5, 5.41) is 0.653. The van der Waals surface area contributed by atoms with E-state index in [1.807, 2.05) is 12.1 Å². The molecule has 2 aromatic carbocycles. The third-order valence-corrected chi connectivity index (χ3v) is 4.24. The van der Waals surface area contributed by atoms with Crippen molar-refractivity contribution in [3.05, 3.63) is 64.7 Å². The number of hydrogen-bond donors (Lipinski definition) is 0. The average molecular weight is 301 g/mol. The zero-order valence-corrected chi connectivity index (χ0v) is 12.5. The summed E-state index contributed by atoms with van der Waals surface area (Å²) in [6.45, 7) is 0.0460. The summed E-state index contributed by atoms with van der Waals surface area (Å²) < 4.78 is 5.48. The van der Waals surface area contributed by atoms with Gasteiger partial charge in [-0.1, -0.05) is 42.3 Å². The normalized spacial score (nSPS) is 14.5. The number of rotatable bonds is 5. The van der Waals surface area contributed by atoms with Crippen LogP contribution in [0.25, 0.3) is 0 Å². The molecule has 0 aliphatic heterocycles. The maximum atomic E-state index is 12.1. The molecule has 21 heavy (non-hydrogen) atoms. The Morgan fingerprint density at radius 3 is 2.29 bits per heavy atom. The Bertz CT molecular complexity index is 613. The fourth-order valence-corrected chi connectivity index (χ4v) is 2.57. The molecule has 0 unspecified atom stereocenters. The van der Waals surface area contributed by atoms with Gasteiger partial charge in [-0.3, -0.25) is 4.79 Å². The highest BCUT2D eigenvalue weighted by atomic mass is 35.5. The van der Waals surface area contributed by atoms with E-state index in [-0.39, 0.29) is 12.4 Å². The van der Waals surface area contributed by atoms with Crippen LogP contribution >= 0.6 is 11.6 Å². The maximum Gasteiger partial charge on any atom is 0.200 e. The van der Waals surface area contributed by atoms with Crippen LogP contribution in [0.4, 0.5) is 0 Å². The van der Waals surface area contributed by atoms with E-state index in [1.54, 1.807) is 24.3 Å². The lowest BCUT2D eigenvalue weighted by Gasteiger charge is -2.25. The van der Waals surface area contributed by atoms with Gasteiger partial charge in [0.15, 0.2) is 12.4 Å². The van der Waals surface area contributed by atoms with E-state index in [4.69, 9.17) is 16.3 Å². The highest BCUT2D eigenvalue weighted by molar-refractivity contribution is 6.30. The third-order valence-electron chi connectivity index (χ3n) is 3.99. The highest BCUT2D eigenvalue weighted by Gasteiger charge is 2.19. The van der Waals surface area contributed by atoms with Crippen molar-refractivity contribution in [2.24, 2.45) is 0 Å². The number of carbonyl (C=O) groups is 1. The van der Waals surface area contributed by atoms with E-state index < -0.39 is 0 Å². The Kier molecular flexibility index (Phi) is 4.26. The van der Waals surface area contributed by atoms with Crippen LogP contribution in [0.3, 0.4) is 0 Å². The fourth-order valence-electron chi connectivity index (χ4n) is 2.45. The van der Waals surface area contributed by atoms with Crippen LogP contribution in [0.15, 0.2) is 48.5 Å². The molecule has 3 heteroatoms. The van der Waals surface area contributed by atoms with Crippen LogP contribution in [0.5, 0.6) is 5.75 Å². The summed E-state index contributed by atoms with van der Waals surface area (Å²) >= 11 is 5.80. The second-order valence-corrected chi connectivity index (χ2v) is 5.85. The van der Waals surface area contributed by atoms with Gasteiger partial charge in [-0.2, -0.15) is 0 Å². The third kappa shape index (κ3) is 3.45. The SMILES string of the molecule is O=C(COc1ccc(Cl)cc1)c1ccc(C2CCC2)cc1. The van der Waals surface area contributed by atoms with Crippen molar-refractivity contribution in [1.29, 1.82) is 0 Å². The first-order valence-electron chi connectivity index (χ1n) is 7.24. The fraction of sp³-hybridized carbons (Fsp3) is 0.278. The summed E-state index contributed by atoms with van der Waals surface area (Å²) in [6, 6.07) is 15.0. The lowest BCUT2D eigenvalue weighted by atomic mass is 9.80. The molecule has 0 atom stereocenters. The summed E-state index contributed by atoms with van der Waals surface area (Å²) in [5.74, 6) is 1.34. The van der Waals surface area contributed by atoms with Gasteiger partial charge in [0.2, 0.25) is 0 Å². The van der Waals surface area contributed by atoms with Crippen molar-refractivity contribution in [3.63, 3.8) is 0 Å². The summed E-state index contributed by atoms with van der Waals surface area (Å²) in [7, 11) is 0. The predicted octanol–water partition coefficient (Wildman–Crippen LogP) is 4.87. The summed E-state index contributed by atoms with van der Waals surface area (Å²) in [4.78, 5) is 12.1. The van der Waals surface area contributed by atoms with E-state index >= 15 is 0 Å². The number of carbonyl (C=O) groups excluding carboxylic acids is 1. The van der Waals surface area contributed by atoms with E-state index in [9.17, 15) is 4.79 Å². The van der Waals surface area contributed by atoms with Crippen molar-refractivity contribution in [2.45, 2.75) is 25.2 Å². The van der Waals surface area contributed by atoms with Crippen molar-refractivity contribution >= 4 is 17.4 Å². The molecular formula is C18H17ClO2. The van der Waals surface area contributed by atoms with Gasteiger partial charge >= 0.3 is 0 Å². The molecule has 0 spiro atoms. The smallest absolute Gasteiger partial charge is 0.200 e. The Morgan fingerprint density at radius 2 is 1.71 bits per heavy atom. The van der Waals surface area contributed by atoms with Gasteiger partial charge in [0.1, 0.15) is 5.75 Å². The lowest BCUT2D eigenvalue weighted by molar-refractivity contribution is 0.0921. The van der Waals surface area contributed by atoms with Gasteiger partial charge in [-0.05, 0) is 48.6 Å². The molecule has 3 rings (SSSR count). The lowest BCUT2D eigenvalue weighted by Crippen LogP contribution is -2.12. The largest absolute Gasteiger partial charge is 0.485 e. The summed E-state index contributed by atoms with van der Waals surface area (Å²) in [5.41, 5.74) is 2.04.